The molecule has 3 heterocycles. The average Bonchev–Trinajstić information content (AvgIpc) is 2.84. The summed E-state index contributed by atoms with van der Waals surface area (Å²) in [6.45, 7) is 8.40. The number of fused-ring (bicyclic) bond motifs is 1. The minimum absolute atomic E-state index is 0.664. The highest BCUT2D eigenvalue weighted by molar-refractivity contribution is 5.10. The maximum Gasteiger partial charge on any atom is 0.109 e. The second-order valence-corrected chi connectivity index (χ2v) is 6.36. The molecule has 1 saturated heterocycles. The van der Waals surface area contributed by atoms with E-state index in [0.717, 1.165) is 5.92 Å². The van der Waals surface area contributed by atoms with Crippen LogP contribution in [0.25, 0.3) is 0 Å². The standard InChI is InChI=1S/C16H27N3/c1-3-18-9-7-14(8-10-18)11-16-17-12-15-6-4-5-13(2)19(15)16/h12-14H,3-11H2,1-2H3. The van der Waals surface area contributed by atoms with Gasteiger partial charge >= 0.3 is 0 Å². The summed E-state index contributed by atoms with van der Waals surface area (Å²) in [7, 11) is 0. The Morgan fingerprint density at radius 1 is 1.26 bits per heavy atom. The van der Waals surface area contributed by atoms with Gasteiger partial charge in [0.1, 0.15) is 5.82 Å². The van der Waals surface area contributed by atoms with Crippen LogP contribution in [0.3, 0.4) is 0 Å². The molecule has 0 saturated carbocycles. The summed E-state index contributed by atoms with van der Waals surface area (Å²) >= 11 is 0. The van der Waals surface area contributed by atoms with Crippen LogP contribution in [0.1, 0.15) is 57.1 Å². The van der Waals surface area contributed by atoms with Crippen molar-refractivity contribution >= 4 is 0 Å². The van der Waals surface area contributed by atoms with Gasteiger partial charge in [-0.1, -0.05) is 6.92 Å². The summed E-state index contributed by atoms with van der Waals surface area (Å²) in [5.41, 5.74) is 1.47. The number of aromatic nitrogens is 2. The molecular weight excluding hydrogens is 234 g/mol. The van der Waals surface area contributed by atoms with Gasteiger partial charge in [0.25, 0.3) is 0 Å². The second-order valence-electron chi connectivity index (χ2n) is 6.36. The van der Waals surface area contributed by atoms with Crippen LogP contribution in [0.4, 0.5) is 0 Å². The number of likely N-dealkylation sites (tertiary alicyclic amines) is 1. The van der Waals surface area contributed by atoms with Crippen LogP contribution in [0.2, 0.25) is 0 Å². The van der Waals surface area contributed by atoms with Crippen molar-refractivity contribution in [2.24, 2.45) is 5.92 Å². The van der Waals surface area contributed by atoms with Gasteiger partial charge in [-0.2, -0.15) is 0 Å². The van der Waals surface area contributed by atoms with Crippen molar-refractivity contribution in [2.45, 2.75) is 58.4 Å². The summed E-state index contributed by atoms with van der Waals surface area (Å²) in [4.78, 5) is 7.30. The highest BCUT2D eigenvalue weighted by Crippen LogP contribution is 2.28. The lowest BCUT2D eigenvalue weighted by molar-refractivity contribution is 0.189. The fourth-order valence-corrected chi connectivity index (χ4v) is 3.79. The Morgan fingerprint density at radius 3 is 2.79 bits per heavy atom. The maximum absolute atomic E-state index is 4.73. The molecule has 1 aromatic rings. The summed E-state index contributed by atoms with van der Waals surface area (Å²) in [6.07, 6.45) is 9.92. The third-order valence-corrected chi connectivity index (χ3v) is 5.07. The summed E-state index contributed by atoms with van der Waals surface area (Å²) < 4.78 is 2.54. The van der Waals surface area contributed by atoms with E-state index in [-0.39, 0.29) is 0 Å². The minimum Gasteiger partial charge on any atom is -0.329 e. The van der Waals surface area contributed by atoms with E-state index < -0.39 is 0 Å². The van der Waals surface area contributed by atoms with E-state index in [4.69, 9.17) is 4.98 Å². The fraction of sp³-hybridized carbons (Fsp3) is 0.812. The molecule has 1 unspecified atom stereocenters. The smallest absolute Gasteiger partial charge is 0.109 e. The Balaban J connectivity index is 1.66. The van der Waals surface area contributed by atoms with Crippen LogP contribution in [0.5, 0.6) is 0 Å². The van der Waals surface area contributed by atoms with E-state index in [2.05, 4.69) is 29.5 Å². The fourth-order valence-electron chi connectivity index (χ4n) is 3.79. The lowest BCUT2D eigenvalue weighted by atomic mass is 9.93. The summed E-state index contributed by atoms with van der Waals surface area (Å²) in [5, 5.41) is 0. The SMILES string of the molecule is CCN1CCC(Cc2ncc3n2C(C)CCC3)CC1. The Kier molecular flexibility index (Phi) is 3.92. The van der Waals surface area contributed by atoms with Gasteiger partial charge in [0.05, 0.1) is 0 Å². The molecule has 0 spiro atoms. The third-order valence-electron chi connectivity index (χ3n) is 5.07. The normalized spacial score (nSPS) is 25.5. The molecule has 0 aromatic carbocycles. The molecule has 19 heavy (non-hydrogen) atoms. The molecule has 2 aliphatic rings. The predicted molar refractivity (Wildman–Crippen MR) is 78.4 cm³/mol. The molecule has 0 amide bonds. The zero-order valence-corrected chi connectivity index (χ0v) is 12.4. The summed E-state index contributed by atoms with van der Waals surface area (Å²) in [5.74, 6) is 2.21. The number of hydrogen-bond donors (Lipinski definition) is 0. The van der Waals surface area contributed by atoms with Crippen LogP contribution in [-0.4, -0.2) is 34.1 Å². The number of aryl methyl sites for hydroxylation is 1. The largest absolute Gasteiger partial charge is 0.329 e. The molecule has 0 radical (unpaired) electrons. The van der Waals surface area contributed by atoms with Gasteiger partial charge in [0.15, 0.2) is 0 Å². The average molecular weight is 261 g/mol. The lowest BCUT2D eigenvalue weighted by Gasteiger charge is -2.31. The zero-order valence-electron chi connectivity index (χ0n) is 12.4. The number of hydrogen-bond acceptors (Lipinski definition) is 2. The van der Waals surface area contributed by atoms with Gasteiger partial charge in [-0.3, -0.25) is 0 Å². The van der Waals surface area contributed by atoms with Gasteiger partial charge in [0.2, 0.25) is 0 Å². The van der Waals surface area contributed by atoms with E-state index >= 15 is 0 Å². The first-order valence-corrected chi connectivity index (χ1v) is 8.05. The molecule has 1 atom stereocenters. The first-order valence-electron chi connectivity index (χ1n) is 8.05. The second kappa shape index (κ2) is 5.66. The van der Waals surface area contributed by atoms with Crippen molar-refractivity contribution in [3.8, 4) is 0 Å². The summed E-state index contributed by atoms with van der Waals surface area (Å²) in [6, 6.07) is 0.664. The molecule has 2 aliphatic heterocycles. The zero-order chi connectivity index (χ0) is 13.2. The molecule has 0 N–H and O–H groups in total. The number of rotatable bonds is 3. The lowest BCUT2D eigenvalue weighted by Crippen LogP contribution is -2.34. The van der Waals surface area contributed by atoms with E-state index in [0.29, 0.717) is 6.04 Å². The van der Waals surface area contributed by atoms with Crippen molar-refractivity contribution in [3.05, 3.63) is 17.7 Å². The van der Waals surface area contributed by atoms with Gasteiger partial charge in [0, 0.05) is 24.4 Å². The highest BCUT2D eigenvalue weighted by Gasteiger charge is 2.24. The quantitative estimate of drug-likeness (QED) is 0.834. The van der Waals surface area contributed by atoms with Crippen LogP contribution < -0.4 is 0 Å². The topological polar surface area (TPSA) is 21.1 Å². The van der Waals surface area contributed by atoms with Gasteiger partial charge in [-0.25, -0.2) is 4.98 Å². The minimum atomic E-state index is 0.664. The van der Waals surface area contributed by atoms with Crippen LogP contribution in [-0.2, 0) is 12.8 Å². The molecule has 3 rings (SSSR count). The molecule has 3 nitrogen and oxygen atoms in total. The van der Waals surface area contributed by atoms with Crippen LogP contribution in [0.15, 0.2) is 6.20 Å². The van der Waals surface area contributed by atoms with Gasteiger partial charge in [-0.05, 0) is 64.6 Å². The third kappa shape index (κ3) is 2.71. The van der Waals surface area contributed by atoms with Crippen LogP contribution in [0, 0.1) is 5.92 Å². The van der Waals surface area contributed by atoms with Gasteiger partial charge < -0.3 is 9.47 Å². The molecule has 3 heteroatoms. The van der Waals surface area contributed by atoms with E-state index in [1.54, 1.807) is 0 Å². The Labute approximate surface area is 117 Å². The maximum atomic E-state index is 4.73. The monoisotopic (exact) mass is 261 g/mol. The Hall–Kier alpha value is -0.830. The van der Waals surface area contributed by atoms with Crippen LogP contribution >= 0.6 is 0 Å². The first-order chi connectivity index (χ1) is 9.28. The Morgan fingerprint density at radius 2 is 2.05 bits per heavy atom. The van der Waals surface area contributed by atoms with E-state index in [9.17, 15) is 0 Å². The molecule has 0 aliphatic carbocycles. The van der Waals surface area contributed by atoms with Crippen molar-refractivity contribution in [1.29, 1.82) is 0 Å². The predicted octanol–water partition coefficient (Wildman–Crippen LogP) is 3.05. The highest BCUT2D eigenvalue weighted by atomic mass is 15.1. The Bertz CT molecular complexity index is 416. The van der Waals surface area contributed by atoms with Gasteiger partial charge in [-0.15, -0.1) is 0 Å². The number of piperidine rings is 1. The van der Waals surface area contributed by atoms with Crippen molar-refractivity contribution < 1.29 is 0 Å². The molecule has 1 aromatic heterocycles. The number of imidazole rings is 1. The van der Waals surface area contributed by atoms with E-state index in [1.165, 1.54) is 69.7 Å². The van der Waals surface area contributed by atoms with E-state index in [1.807, 2.05) is 0 Å². The molecule has 0 bridgehead atoms. The molecule has 1 fully saturated rings. The van der Waals surface area contributed by atoms with Crippen molar-refractivity contribution in [3.63, 3.8) is 0 Å². The number of nitrogens with zero attached hydrogens (tertiary/aromatic N) is 3. The first kappa shape index (κ1) is 13.2. The van der Waals surface area contributed by atoms with Crippen molar-refractivity contribution in [1.82, 2.24) is 14.5 Å². The van der Waals surface area contributed by atoms with Crippen molar-refractivity contribution in [2.75, 3.05) is 19.6 Å². The molecular formula is C16H27N3. The molecule has 106 valence electrons.